The van der Waals surface area contributed by atoms with Gasteiger partial charge in [0.25, 0.3) is 0 Å². The van der Waals surface area contributed by atoms with E-state index in [9.17, 15) is 13.5 Å². The van der Waals surface area contributed by atoms with Crippen LogP contribution >= 0.6 is 0 Å². The van der Waals surface area contributed by atoms with Crippen LogP contribution in [0.25, 0.3) is 0 Å². The second-order valence-corrected chi connectivity index (χ2v) is 8.78. The van der Waals surface area contributed by atoms with E-state index in [1.54, 1.807) is 4.31 Å². The summed E-state index contributed by atoms with van der Waals surface area (Å²) in [5.74, 6) is 0.688. The van der Waals surface area contributed by atoms with Crippen LogP contribution < -0.4 is 0 Å². The van der Waals surface area contributed by atoms with E-state index < -0.39 is 10.0 Å². The third-order valence-corrected chi connectivity index (χ3v) is 6.18. The van der Waals surface area contributed by atoms with Gasteiger partial charge in [-0.2, -0.15) is 4.31 Å². The Hall–Kier alpha value is -0.170. The van der Waals surface area contributed by atoms with Crippen molar-refractivity contribution in [1.82, 2.24) is 9.21 Å². The average molecular weight is 304 g/mol. The van der Waals surface area contributed by atoms with Gasteiger partial charge in [0.05, 0.1) is 6.26 Å². The van der Waals surface area contributed by atoms with Crippen LogP contribution in [0.3, 0.4) is 0 Å². The minimum absolute atomic E-state index is 0.0327. The van der Waals surface area contributed by atoms with Gasteiger partial charge in [0.1, 0.15) is 0 Å². The SMILES string of the molecule is CC1CCCC(CO)(CN2CCN(S(C)(=O)=O)CC2)C1. The molecule has 1 saturated carbocycles. The van der Waals surface area contributed by atoms with Gasteiger partial charge in [-0.1, -0.05) is 19.8 Å². The molecule has 0 amide bonds. The molecule has 1 aliphatic carbocycles. The smallest absolute Gasteiger partial charge is 0.211 e. The first-order valence-corrected chi connectivity index (χ1v) is 9.48. The fourth-order valence-electron chi connectivity index (χ4n) is 3.80. The molecule has 0 aromatic rings. The minimum Gasteiger partial charge on any atom is -0.396 e. The van der Waals surface area contributed by atoms with Crippen molar-refractivity contribution in [3.05, 3.63) is 0 Å². The van der Waals surface area contributed by atoms with Gasteiger partial charge in [-0.25, -0.2) is 8.42 Å². The molecular formula is C14H28N2O3S. The van der Waals surface area contributed by atoms with Crippen LogP contribution in [0.15, 0.2) is 0 Å². The molecule has 2 atom stereocenters. The van der Waals surface area contributed by atoms with E-state index in [1.807, 2.05) is 0 Å². The van der Waals surface area contributed by atoms with Crippen molar-refractivity contribution in [2.24, 2.45) is 11.3 Å². The Kier molecular flexibility index (Phi) is 5.10. The summed E-state index contributed by atoms with van der Waals surface area (Å²) in [7, 11) is -3.05. The standard InChI is InChI=1S/C14H28N2O3S/c1-13-4-3-5-14(10-13,12-17)11-15-6-8-16(9-7-15)20(2,18)19/h13,17H,3-12H2,1-2H3. The summed E-state index contributed by atoms with van der Waals surface area (Å²) in [5.41, 5.74) is 0.0327. The number of rotatable bonds is 4. The Morgan fingerprint density at radius 3 is 2.40 bits per heavy atom. The first kappa shape index (κ1) is 16.2. The molecular weight excluding hydrogens is 276 g/mol. The van der Waals surface area contributed by atoms with Gasteiger partial charge in [-0.3, -0.25) is 0 Å². The Balaban J connectivity index is 1.91. The predicted molar refractivity (Wildman–Crippen MR) is 80.0 cm³/mol. The highest BCUT2D eigenvalue weighted by Gasteiger charge is 2.37. The van der Waals surface area contributed by atoms with Crippen molar-refractivity contribution in [2.45, 2.75) is 32.6 Å². The Morgan fingerprint density at radius 1 is 1.25 bits per heavy atom. The van der Waals surface area contributed by atoms with E-state index in [-0.39, 0.29) is 12.0 Å². The molecule has 2 rings (SSSR count). The minimum atomic E-state index is -3.05. The number of aliphatic hydroxyl groups is 1. The monoisotopic (exact) mass is 304 g/mol. The number of hydrogen-bond donors (Lipinski definition) is 1. The van der Waals surface area contributed by atoms with Crippen molar-refractivity contribution in [2.75, 3.05) is 45.6 Å². The molecule has 0 aromatic heterocycles. The highest BCUT2D eigenvalue weighted by molar-refractivity contribution is 7.88. The van der Waals surface area contributed by atoms with E-state index in [0.29, 0.717) is 19.0 Å². The fraction of sp³-hybridized carbons (Fsp3) is 1.00. The normalized spacial score (nSPS) is 34.2. The quantitative estimate of drug-likeness (QED) is 0.833. The van der Waals surface area contributed by atoms with Crippen LogP contribution in [0.1, 0.15) is 32.6 Å². The van der Waals surface area contributed by atoms with Crippen LogP contribution in [-0.2, 0) is 10.0 Å². The van der Waals surface area contributed by atoms with Crippen LogP contribution in [0.5, 0.6) is 0 Å². The molecule has 1 saturated heterocycles. The fourth-order valence-corrected chi connectivity index (χ4v) is 4.63. The van der Waals surface area contributed by atoms with E-state index in [2.05, 4.69) is 11.8 Å². The van der Waals surface area contributed by atoms with Crippen LogP contribution in [-0.4, -0.2) is 68.3 Å². The predicted octanol–water partition coefficient (Wildman–Crippen LogP) is 0.752. The highest BCUT2D eigenvalue weighted by Crippen LogP contribution is 2.39. The Morgan fingerprint density at radius 2 is 1.90 bits per heavy atom. The zero-order valence-electron chi connectivity index (χ0n) is 12.7. The van der Waals surface area contributed by atoms with Crippen molar-refractivity contribution < 1.29 is 13.5 Å². The van der Waals surface area contributed by atoms with Gasteiger partial charge >= 0.3 is 0 Å². The number of piperazine rings is 1. The third-order valence-electron chi connectivity index (χ3n) is 4.88. The molecule has 0 bridgehead atoms. The Bertz CT molecular complexity index is 418. The van der Waals surface area contributed by atoms with Gasteiger partial charge < -0.3 is 10.0 Å². The molecule has 0 aromatic carbocycles. The Labute approximate surface area is 123 Å². The summed E-state index contributed by atoms with van der Waals surface area (Å²) < 4.78 is 24.6. The maximum atomic E-state index is 11.5. The first-order valence-electron chi connectivity index (χ1n) is 7.63. The summed E-state index contributed by atoms with van der Waals surface area (Å²) in [4.78, 5) is 2.33. The number of hydrogen-bond acceptors (Lipinski definition) is 4. The van der Waals surface area contributed by atoms with Crippen molar-refractivity contribution >= 4 is 10.0 Å². The summed E-state index contributed by atoms with van der Waals surface area (Å²) >= 11 is 0. The molecule has 2 aliphatic rings. The summed E-state index contributed by atoms with van der Waals surface area (Å²) in [6.45, 7) is 6.15. The summed E-state index contributed by atoms with van der Waals surface area (Å²) in [6, 6.07) is 0. The van der Waals surface area contributed by atoms with Gasteiger partial charge in [-0.15, -0.1) is 0 Å². The molecule has 1 aliphatic heterocycles. The maximum absolute atomic E-state index is 11.5. The molecule has 118 valence electrons. The number of sulfonamides is 1. The lowest BCUT2D eigenvalue weighted by molar-refractivity contribution is 0.0156. The van der Waals surface area contributed by atoms with Crippen molar-refractivity contribution in [3.8, 4) is 0 Å². The summed E-state index contributed by atoms with van der Waals surface area (Å²) in [5, 5.41) is 9.84. The molecule has 5 nitrogen and oxygen atoms in total. The van der Waals surface area contributed by atoms with Gasteiger partial charge in [-0.05, 0) is 18.8 Å². The number of nitrogens with zero attached hydrogens (tertiary/aromatic N) is 2. The van der Waals surface area contributed by atoms with E-state index in [0.717, 1.165) is 32.5 Å². The molecule has 1 heterocycles. The van der Waals surface area contributed by atoms with Gasteiger partial charge in [0.2, 0.25) is 10.0 Å². The molecule has 2 unspecified atom stereocenters. The van der Waals surface area contributed by atoms with Crippen LogP contribution in [0.4, 0.5) is 0 Å². The maximum Gasteiger partial charge on any atom is 0.211 e. The van der Waals surface area contributed by atoms with Crippen molar-refractivity contribution in [3.63, 3.8) is 0 Å². The van der Waals surface area contributed by atoms with E-state index >= 15 is 0 Å². The zero-order chi connectivity index (χ0) is 14.8. The first-order chi connectivity index (χ1) is 9.35. The van der Waals surface area contributed by atoms with E-state index in [4.69, 9.17) is 0 Å². The largest absolute Gasteiger partial charge is 0.396 e. The van der Waals surface area contributed by atoms with Crippen LogP contribution in [0.2, 0.25) is 0 Å². The molecule has 1 N–H and O–H groups in total. The average Bonchev–Trinajstić information content (AvgIpc) is 2.38. The van der Waals surface area contributed by atoms with Crippen LogP contribution in [0, 0.1) is 11.3 Å². The molecule has 2 fully saturated rings. The van der Waals surface area contributed by atoms with Crippen molar-refractivity contribution in [1.29, 1.82) is 0 Å². The number of aliphatic hydroxyl groups excluding tert-OH is 1. The zero-order valence-corrected chi connectivity index (χ0v) is 13.5. The lowest BCUT2D eigenvalue weighted by atomic mass is 9.70. The lowest BCUT2D eigenvalue weighted by Gasteiger charge is -2.44. The molecule has 6 heteroatoms. The highest BCUT2D eigenvalue weighted by atomic mass is 32.2. The topological polar surface area (TPSA) is 60.9 Å². The van der Waals surface area contributed by atoms with Gasteiger partial charge in [0.15, 0.2) is 0 Å². The molecule has 0 radical (unpaired) electrons. The second-order valence-electron chi connectivity index (χ2n) is 6.80. The lowest BCUT2D eigenvalue weighted by Crippen LogP contribution is -2.52. The second kappa shape index (κ2) is 6.30. The summed E-state index contributed by atoms with van der Waals surface area (Å²) in [6.07, 6.45) is 5.94. The molecule has 0 spiro atoms. The van der Waals surface area contributed by atoms with E-state index in [1.165, 1.54) is 19.1 Å². The third kappa shape index (κ3) is 3.93. The van der Waals surface area contributed by atoms with Gasteiger partial charge in [0, 0.05) is 44.7 Å². The molecule has 20 heavy (non-hydrogen) atoms.